The van der Waals surface area contributed by atoms with E-state index < -0.39 is 0 Å². The molecule has 0 saturated heterocycles. The van der Waals surface area contributed by atoms with Crippen molar-refractivity contribution in [1.29, 1.82) is 0 Å². The van der Waals surface area contributed by atoms with E-state index in [0.29, 0.717) is 12.1 Å². The van der Waals surface area contributed by atoms with Gasteiger partial charge in [0.05, 0.1) is 6.04 Å². The Kier molecular flexibility index (Phi) is 5.59. The molecule has 2 aromatic rings. The van der Waals surface area contributed by atoms with Gasteiger partial charge in [0.15, 0.2) is 0 Å². The molecule has 110 valence electrons. The maximum absolute atomic E-state index is 11.8. The van der Waals surface area contributed by atoms with E-state index in [1.54, 1.807) is 17.4 Å². The average molecular weight is 365 g/mol. The van der Waals surface area contributed by atoms with Crippen LogP contribution in [0.1, 0.15) is 28.2 Å². The summed E-state index contributed by atoms with van der Waals surface area (Å²) in [6.45, 7) is 6.16. The van der Waals surface area contributed by atoms with E-state index in [-0.39, 0.29) is 11.9 Å². The van der Waals surface area contributed by atoms with Gasteiger partial charge in [-0.25, -0.2) is 0 Å². The molecular weight excluding hydrogens is 348 g/mol. The zero-order valence-corrected chi connectivity index (χ0v) is 14.1. The number of anilines is 1. The van der Waals surface area contributed by atoms with Gasteiger partial charge < -0.3 is 10.6 Å². The van der Waals surface area contributed by atoms with Gasteiger partial charge in [-0.1, -0.05) is 6.08 Å². The number of carbonyl (C=O) groups excluding carboxylic acids is 1. The Labute approximate surface area is 137 Å². The van der Waals surface area contributed by atoms with E-state index in [9.17, 15) is 4.79 Å². The number of hydrogen-bond acceptors (Lipinski definition) is 3. The molecule has 1 amide bonds. The molecule has 0 aliphatic rings. The highest BCUT2D eigenvalue weighted by atomic mass is 79.9. The molecule has 1 atom stereocenters. The first-order chi connectivity index (χ1) is 10.1. The van der Waals surface area contributed by atoms with Crippen molar-refractivity contribution in [3.8, 4) is 0 Å². The lowest BCUT2D eigenvalue weighted by Gasteiger charge is -2.15. The van der Waals surface area contributed by atoms with Crippen LogP contribution in [0.3, 0.4) is 0 Å². The summed E-state index contributed by atoms with van der Waals surface area (Å²) in [5, 5.41) is 8.24. The van der Waals surface area contributed by atoms with Crippen molar-refractivity contribution in [2.24, 2.45) is 0 Å². The van der Waals surface area contributed by atoms with Crippen LogP contribution in [0.15, 0.2) is 52.8 Å². The van der Waals surface area contributed by atoms with Crippen molar-refractivity contribution < 1.29 is 4.79 Å². The highest BCUT2D eigenvalue weighted by Crippen LogP contribution is 2.30. The van der Waals surface area contributed by atoms with E-state index in [1.807, 2.05) is 30.3 Å². The van der Waals surface area contributed by atoms with Gasteiger partial charge in [-0.15, -0.1) is 17.9 Å². The molecule has 0 aliphatic heterocycles. The predicted octanol–water partition coefficient (Wildman–Crippen LogP) is 4.60. The minimum atomic E-state index is -0.0875. The molecule has 1 unspecified atom stereocenters. The maximum Gasteiger partial charge on any atom is 0.251 e. The Hall–Kier alpha value is -1.59. The number of carbonyl (C=O) groups is 1. The third-order valence-electron chi connectivity index (χ3n) is 2.98. The van der Waals surface area contributed by atoms with Crippen molar-refractivity contribution in [3.05, 3.63) is 63.3 Å². The Balaban J connectivity index is 2.01. The molecule has 2 N–H and O–H groups in total. The minimum absolute atomic E-state index is 0.0875. The highest BCUT2D eigenvalue weighted by Gasteiger charge is 2.11. The lowest BCUT2D eigenvalue weighted by molar-refractivity contribution is 0.0958. The fourth-order valence-corrected chi connectivity index (χ4v) is 3.64. The van der Waals surface area contributed by atoms with Gasteiger partial charge in [0.2, 0.25) is 0 Å². The normalized spacial score (nSPS) is 11.7. The number of nitrogens with one attached hydrogen (secondary N) is 2. The fourth-order valence-electron chi connectivity index (χ4n) is 1.91. The Morgan fingerprint density at radius 2 is 2.10 bits per heavy atom. The fraction of sp³-hybridized carbons (Fsp3) is 0.188. The molecule has 1 heterocycles. The van der Waals surface area contributed by atoms with Crippen molar-refractivity contribution in [3.63, 3.8) is 0 Å². The van der Waals surface area contributed by atoms with E-state index in [1.165, 1.54) is 4.88 Å². The first-order valence-electron chi connectivity index (χ1n) is 6.60. The summed E-state index contributed by atoms with van der Waals surface area (Å²) < 4.78 is 1.12. The molecule has 0 fully saturated rings. The van der Waals surface area contributed by atoms with Gasteiger partial charge in [-0.05, 0) is 58.6 Å². The monoisotopic (exact) mass is 364 g/mol. The van der Waals surface area contributed by atoms with Gasteiger partial charge in [0, 0.05) is 27.1 Å². The topological polar surface area (TPSA) is 41.1 Å². The molecule has 3 nitrogen and oxygen atoms in total. The van der Waals surface area contributed by atoms with Crippen LogP contribution in [0, 0.1) is 0 Å². The van der Waals surface area contributed by atoms with Gasteiger partial charge in [0.1, 0.15) is 0 Å². The molecule has 0 spiro atoms. The molecule has 0 saturated carbocycles. The quantitative estimate of drug-likeness (QED) is 0.735. The number of halogens is 1. The van der Waals surface area contributed by atoms with Crippen LogP contribution in [-0.2, 0) is 0 Å². The Morgan fingerprint density at radius 3 is 2.67 bits per heavy atom. The molecule has 21 heavy (non-hydrogen) atoms. The van der Waals surface area contributed by atoms with E-state index >= 15 is 0 Å². The summed E-state index contributed by atoms with van der Waals surface area (Å²) in [4.78, 5) is 13.0. The molecule has 0 aliphatic carbocycles. The Morgan fingerprint density at radius 1 is 1.38 bits per heavy atom. The van der Waals surface area contributed by atoms with Gasteiger partial charge in [-0.2, -0.15) is 0 Å². The van der Waals surface area contributed by atoms with Crippen LogP contribution in [0.5, 0.6) is 0 Å². The maximum atomic E-state index is 11.8. The first kappa shape index (κ1) is 15.8. The average Bonchev–Trinajstić information content (AvgIpc) is 2.91. The molecule has 0 bridgehead atoms. The van der Waals surface area contributed by atoms with Crippen LogP contribution >= 0.6 is 27.3 Å². The van der Waals surface area contributed by atoms with Crippen LogP contribution in [-0.4, -0.2) is 12.5 Å². The molecule has 5 heteroatoms. The van der Waals surface area contributed by atoms with Crippen LogP contribution in [0.25, 0.3) is 0 Å². The summed E-state index contributed by atoms with van der Waals surface area (Å²) in [6, 6.07) is 9.72. The van der Waals surface area contributed by atoms with Crippen LogP contribution < -0.4 is 10.6 Å². The zero-order chi connectivity index (χ0) is 15.2. The summed E-state index contributed by atoms with van der Waals surface area (Å²) in [7, 11) is 0. The number of hydrogen-bond donors (Lipinski definition) is 2. The summed E-state index contributed by atoms with van der Waals surface area (Å²) >= 11 is 5.26. The standard InChI is InChI=1S/C16H17BrN2OS/c1-3-9-18-16(20)12-4-6-13(7-5-12)19-11(2)15-14(17)8-10-21-15/h3-8,10-11,19H,1,9H2,2H3,(H,18,20). The minimum Gasteiger partial charge on any atom is -0.378 e. The first-order valence-corrected chi connectivity index (χ1v) is 8.27. The lowest BCUT2D eigenvalue weighted by atomic mass is 10.1. The van der Waals surface area contributed by atoms with Crippen molar-refractivity contribution in [2.45, 2.75) is 13.0 Å². The molecule has 2 rings (SSSR count). The van der Waals surface area contributed by atoms with E-state index in [2.05, 4.69) is 45.4 Å². The molecular formula is C16H17BrN2OS. The van der Waals surface area contributed by atoms with Crippen molar-refractivity contribution in [2.75, 3.05) is 11.9 Å². The third-order valence-corrected chi connectivity index (χ3v) is 5.03. The number of thiophene rings is 1. The second-order valence-electron chi connectivity index (χ2n) is 4.57. The largest absolute Gasteiger partial charge is 0.378 e. The SMILES string of the molecule is C=CCNC(=O)c1ccc(NC(C)c2sccc2Br)cc1. The summed E-state index contributed by atoms with van der Waals surface area (Å²) in [5.41, 5.74) is 1.63. The van der Waals surface area contributed by atoms with Gasteiger partial charge in [0.25, 0.3) is 5.91 Å². The van der Waals surface area contributed by atoms with Gasteiger partial charge in [-0.3, -0.25) is 4.79 Å². The van der Waals surface area contributed by atoms with Crippen LogP contribution in [0.2, 0.25) is 0 Å². The summed E-state index contributed by atoms with van der Waals surface area (Å²) in [5.74, 6) is -0.0875. The van der Waals surface area contributed by atoms with E-state index in [0.717, 1.165) is 10.2 Å². The number of rotatable bonds is 6. The number of benzene rings is 1. The number of amides is 1. The third kappa shape index (κ3) is 4.19. The van der Waals surface area contributed by atoms with E-state index in [4.69, 9.17) is 0 Å². The summed E-state index contributed by atoms with van der Waals surface area (Å²) in [6.07, 6.45) is 1.66. The lowest BCUT2D eigenvalue weighted by Crippen LogP contribution is -2.23. The second kappa shape index (κ2) is 7.43. The van der Waals surface area contributed by atoms with Crippen LogP contribution in [0.4, 0.5) is 5.69 Å². The van der Waals surface area contributed by atoms with Crippen molar-refractivity contribution >= 4 is 38.9 Å². The molecule has 1 aromatic carbocycles. The Bertz CT molecular complexity index is 621. The van der Waals surface area contributed by atoms with Gasteiger partial charge >= 0.3 is 0 Å². The molecule has 0 radical (unpaired) electrons. The molecule has 1 aromatic heterocycles. The van der Waals surface area contributed by atoms with Crippen molar-refractivity contribution in [1.82, 2.24) is 5.32 Å². The highest BCUT2D eigenvalue weighted by molar-refractivity contribution is 9.10. The second-order valence-corrected chi connectivity index (χ2v) is 6.38. The predicted molar refractivity (Wildman–Crippen MR) is 93.0 cm³/mol. The zero-order valence-electron chi connectivity index (χ0n) is 11.7. The smallest absolute Gasteiger partial charge is 0.251 e.